The van der Waals surface area contributed by atoms with Gasteiger partial charge in [-0.25, -0.2) is 13.2 Å². The molecule has 0 aliphatic carbocycles. The topological polar surface area (TPSA) is 0 Å². The molecule has 0 saturated carbocycles. The first-order chi connectivity index (χ1) is 8.49. The summed E-state index contributed by atoms with van der Waals surface area (Å²) >= 11 is 9.29. The Bertz CT molecular complexity index is 586. The minimum atomic E-state index is -1.01. The zero-order valence-electron chi connectivity index (χ0n) is 8.93. The van der Waals surface area contributed by atoms with Crippen molar-refractivity contribution < 1.29 is 13.2 Å². The maximum Gasteiger partial charge on any atom is 0.159 e. The van der Waals surface area contributed by atoms with E-state index in [0.29, 0.717) is 10.0 Å². The average Bonchev–Trinajstić information content (AvgIpc) is 2.35. The van der Waals surface area contributed by atoms with E-state index in [4.69, 9.17) is 11.6 Å². The first-order valence-corrected chi connectivity index (χ1v) is 6.26. The van der Waals surface area contributed by atoms with Gasteiger partial charge in [0.15, 0.2) is 11.6 Å². The minimum Gasteiger partial charge on any atom is -0.207 e. The zero-order valence-corrected chi connectivity index (χ0v) is 11.3. The Kier molecular flexibility index (Phi) is 3.97. The SMILES string of the molecule is Fc1ccc(C(Cl)c2cc(Br)ccc2F)cc1F. The second-order valence-corrected chi connectivity index (χ2v) is 5.05. The van der Waals surface area contributed by atoms with Crippen LogP contribution in [-0.2, 0) is 0 Å². The van der Waals surface area contributed by atoms with Crippen molar-refractivity contribution in [1.29, 1.82) is 0 Å². The van der Waals surface area contributed by atoms with Crippen molar-refractivity contribution in [2.24, 2.45) is 0 Å². The van der Waals surface area contributed by atoms with Gasteiger partial charge in [0.2, 0.25) is 0 Å². The summed E-state index contributed by atoms with van der Waals surface area (Å²) in [5.74, 6) is -2.46. The molecule has 0 amide bonds. The van der Waals surface area contributed by atoms with E-state index in [9.17, 15) is 13.2 Å². The van der Waals surface area contributed by atoms with Crippen LogP contribution >= 0.6 is 27.5 Å². The highest BCUT2D eigenvalue weighted by Gasteiger charge is 2.17. The third-order valence-electron chi connectivity index (χ3n) is 2.47. The van der Waals surface area contributed by atoms with Crippen LogP contribution in [0.25, 0.3) is 0 Å². The molecular formula is C13H7BrClF3. The van der Waals surface area contributed by atoms with Gasteiger partial charge in [-0.2, -0.15) is 0 Å². The summed E-state index contributed by atoms with van der Waals surface area (Å²) < 4.78 is 40.2. The molecule has 0 nitrogen and oxygen atoms in total. The van der Waals surface area contributed by atoms with Gasteiger partial charge in [-0.3, -0.25) is 0 Å². The van der Waals surface area contributed by atoms with E-state index in [-0.39, 0.29) is 5.56 Å². The monoisotopic (exact) mass is 334 g/mol. The highest BCUT2D eigenvalue weighted by atomic mass is 79.9. The quantitative estimate of drug-likeness (QED) is 0.662. The van der Waals surface area contributed by atoms with Gasteiger partial charge in [0.25, 0.3) is 0 Å². The molecule has 94 valence electrons. The van der Waals surface area contributed by atoms with Crippen molar-refractivity contribution in [3.05, 3.63) is 69.4 Å². The molecule has 0 radical (unpaired) electrons. The molecule has 0 spiro atoms. The van der Waals surface area contributed by atoms with E-state index in [1.54, 1.807) is 0 Å². The lowest BCUT2D eigenvalue weighted by Crippen LogP contribution is -1.98. The van der Waals surface area contributed by atoms with Crippen LogP contribution in [0.4, 0.5) is 13.2 Å². The number of rotatable bonds is 2. The van der Waals surface area contributed by atoms with Crippen molar-refractivity contribution in [1.82, 2.24) is 0 Å². The average molecular weight is 336 g/mol. The second kappa shape index (κ2) is 5.33. The number of hydrogen-bond donors (Lipinski definition) is 0. The van der Waals surface area contributed by atoms with E-state index >= 15 is 0 Å². The maximum absolute atomic E-state index is 13.6. The van der Waals surface area contributed by atoms with Gasteiger partial charge in [0, 0.05) is 10.0 Å². The lowest BCUT2D eigenvalue weighted by atomic mass is 10.0. The lowest BCUT2D eigenvalue weighted by Gasteiger charge is -2.12. The molecule has 2 aromatic rings. The summed E-state index contributed by atoms with van der Waals surface area (Å²) in [6, 6.07) is 7.57. The van der Waals surface area contributed by atoms with Crippen LogP contribution in [0.3, 0.4) is 0 Å². The molecule has 0 fully saturated rings. The summed E-state index contributed by atoms with van der Waals surface area (Å²) in [7, 11) is 0. The van der Waals surface area contributed by atoms with Crippen LogP contribution in [0.15, 0.2) is 40.9 Å². The molecule has 2 aromatic carbocycles. The van der Waals surface area contributed by atoms with Crippen LogP contribution in [0.1, 0.15) is 16.5 Å². The first kappa shape index (κ1) is 13.4. The summed E-state index contributed by atoms with van der Waals surface area (Å²) in [4.78, 5) is 0. The predicted molar refractivity (Wildman–Crippen MR) is 68.2 cm³/mol. The molecule has 2 rings (SSSR count). The molecule has 1 unspecified atom stereocenters. The standard InChI is InChI=1S/C13H7BrClF3/c14-8-2-4-10(16)9(6-8)13(15)7-1-3-11(17)12(18)5-7/h1-6,13H. The van der Waals surface area contributed by atoms with Crippen LogP contribution in [0.2, 0.25) is 0 Å². The van der Waals surface area contributed by atoms with Crippen molar-refractivity contribution in [2.45, 2.75) is 5.38 Å². The maximum atomic E-state index is 13.6. The molecule has 0 aliphatic heterocycles. The zero-order chi connectivity index (χ0) is 13.3. The largest absolute Gasteiger partial charge is 0.207 e. The van der Waals surface area contributed by atoms with Gasteiger partial charge >= 0.3 is 0 Å². The Balaban J connectivity index is 2.44. The van der Waals surface area contributed by atoms with Crippen LogP contribution < -0.4 is 0 Å². The fourth-order valence-electron chi connectivity index (χ4n) is 1.56. The van der Waals surface area contributed by atoms with E-state index in [0.717, 1.165) is 12.1 Å². The van der Waals surface area contributed by atoms with E-state index in [1.807, 2.05) is 0 Å². The van der Waals surface area contributed by atoms with Gasteiger partial charge in [-0.15, -0.1) is 11.6 Å². The fourth-order valence-corrected chi connectivity index (χ4v) is 2.24. The smallest absolute Gasteiger partial charge is 0.159 e. The van der Waals surface area contributed by atoms with E-state index in [1.165, 1.54) is 24.3 Å². The summed E-state index contributed by atoms with van der Waals surface area (Å²) in [5.41, 5.74) is 0.504. The van der Waals surface area contributed by atoms with Crippen molar-refractivity contribution >= 4 is 27.5 Å². The summed E-state index contributed by atoms with van der Waals surface area (Å²) in [6.45, 7) is 0. The number of hydrogen-bond acceptors (Lipinski definition) is 0. The van der Waals surface area contributed by atoms with Gasteiger partial charge in [0.1, 0.15) is 5.82 Å². The molecule has 0 aromatic heterocycles. The van der Waals surface area contributed by atoms with E-state index < -0.39 is 22.8 Å². The van der Waals surface area contributed by atoms with Crippen LogP contribution in [-0.4, -0.2) is 0 Å². The van der Waals surface area contributed by atoms with Crippen LogP contribution in [0.5, 0.6) is 0 Å². The Morgan fingerprint density at radius 2 is 1.56 bits per heavy atom. The molecule has 0 bridgehead atoms. The molecule has 5 heteroatoms. The second-order valence-electron chi connectivity index (χ2n) is 3.70. The number of alkyl halides is 1. The minimum absolute atomic E-state index is 0.206. The highest BCUT2D eigenvalue weighted by Crippen LogP contribution is 2.32. The summed E-state index contributed by atoms with van der Waals surface area (Å²) in [5, 5.41) is -0.877. The van der Waals surface area contributed by atoms with Gasteiger partial charge in [-0.1, -0.05) is 22.0 Å². The Morgan fingerprint density at radius 1 is 0.889 bits per heavy atom. The predicted octanol–water partition coefficient (Wildman–Crippen LogP) is 5.19. The first-order valence-electron chi connectivity index (χ1n) is 5.03. The molecule has 0 N–H and O–H groups in total. The van der Waals surface area contributed by atoms with Gasteiger partial charge in [0.05, 0.1) is 5.38 Å². The molecular weight excluding hydrogens is 328 g/mol. The third-order valence-corrected chi connectivity index (χ3v) is 3.45. The van der Waals surface area contributed by atoms with E-state index in [2.05, 4.69) is 15.9 Å². The van der Waals surface area contributed by atoms with Gasteiger partial charge < -0.3 is 0 Å². The Morgan fingerprint density at radius 3 is 2.22 bits per heavy atom. The van der Waals surface area contributed by atoms with Gasteiger partial charge in [-0.05, 0) is 35.9 Å². The van der Waals surface area contributed by atoms with Crippen LogP contribution in [0, 0.1) is 17.5 Å². The Hall–Kier alpha value is -1.00. The van der Waals surface area contributed by atoms with Crippen molar-refractivity contribution in [2.75, 3.05) is 0 Å². The number of halogens is 5. The van der Waals surface area contributed by atoms with Crippen molar-refractivity contribution in [3.63, 3.8) is 0 Å². The summed E-state index contributed by atoms with van der Waals surface area (Å²) in [6.07, 6.45) is 0. The lowest BCUT2D eigenvalue weighted by molar-refractivity contribution is 0.507. The highest BCUT2D eigenvalue weighted by molar-refractivity contribution is 9.10. The molecule has 1 atom stereocenters. The normalized spacial score (nSPS) is 12.5. The Labute approximate surface area is 116 Å². The van der Waals surface area contributed by atoms with Crippen molar-refractivity contribution in [3.8, 4) is 0 Å². The molecule has 18 heavy (non-hydrogen) atoms. The number of benzene rings is 2. The molecule has 0 aliphatic rings. The third kappa shape index (κ3) is 2.70. The molecule has 0 saturated heterocycles. The fraction of sp³-hybridized carbons (Fsp3) is 0.0769. The molecule has 0 heterocycles.